The van der Waals surface area contributed by atoms with E-state index in [9.17, 15) is 19.0 Å². The molecule has 2 unspecified atom stereocenters. The molecule has 0 aliphatic rings. The molecule has 0 radical (unpaired) electrons. The van der Waals surface area contributed by atoms with Crippen LogP contribution in [-0.4, -0.2) is 22.4 Å². The molecule has 0 aliphatic heterocycles. The monoisotopic (exact) mass is 244 g/mol. The first-order valence-electron chi connectivity index (χ1n) is 5.52. The smallest absolute Gasteiger partial charge is 0.129 e. The molecule has 0 saturated heterocycles. The van der Waals surface area contributed by atoms with E-state index in [0.29, 0.717) is 0 Å². The molecule has 0 aromatic heterocycles. The van der Waals surface area contributed by atoms with E-state index in [0.717, 1.165) is 12.1 Å². The van der Waals surface area contributed by atoms with Gasteiger partial charge in [-0.25, -0.2) is 8.78 Å². The average Bonchev–Trinajstić information content (AvgIpc) is 2.19. The first-order chi connectivity index (χ1) is 7.71. The third kappa shape index (κ3) is 3.75. The molecule has 2 atom stereocenters. The van der Waals surface area contributed by atoms with Crippen molar-refractivity contribution >= 4 is 0 Å². The second-order valence-electron chi connectivity index (χ2n) is 5.32. The third-order valence-corrected chi connectivity index (χ3v) is 2.70. The molecule has 0 fully saturated rings. The fourth-order valence-electron chi connectivity index (χ4n) is 1.60. The van der Waals surface area contributed by atoms with E-state index < -0.39 is 29.3 Å². The Labute approximate surface area is 99.9 Å². The molecule has 1 aromatic carbocycles. The second kappa shape index (κ2) is 5.10. The lowest BCUT2D eigenvalue weighted by atomic mass is 9.84. The zero-order valence-electron chi connectivity index (χ0n) is 10.2. The molecule has 17 heavy (non-hydrogen) atoms. The minimum atomic E-state index is -1.07. The van der Waals surface area contributed by atoms with Crippen LogP contribution in [0.15, 0.2) is 18.2 Å². The van der Waals surface area contributed by atoms with E-state index in [1.54, 1.807) is 20.8 Å². The number of hydrogen-bond donors (Lipinski definition) is 2. The Kier molecular flexibility index (Phi) is 4.22. The van der Waals surface area contributed by atoms with Gasteiger partial charge in [0.2, 0.25) is 0 Å². The van der Waals surface area contributed by atoms with Gasteiger partial charge in [-0.1, -0.05) is 26.8 Å². The number of hydrogen-bond acceptors (Lipinski definition) is 2. The number of aliphatic hydroxyl groups is 2. The number of halogens is 2. The quantitative estimate of drug-likeness (QED) is 0.856. The molecule has 0 amide bonds. The zero-order chi connectivity index (χ0) is 13.2. The van der Waals surface area contributed by atoms with Gasteiger partial charge < -0.3 is 10.2 Å². The highest BCUT2D eigenvalue weighted by atomic mass is 19.1. The highest BCUT2D eigenvalue weighted by Gasteiger charge is 2.29. The van der Waals surface area contributed by atoms with Gasteiger partial charge in [0.15, 0.2) is 0 Å². The van der Waals surface area contributed by atoms with Crippen LogP contribution in [0.4, 0.5) is 8.78 Å². The van der Waals surface area contributed by atoms with Gasteiger partial charge in [0.25, 0.3) is 0 Å². The molecule has 0 saturated carbocycles. The van der Waals surface area contributed by atoms with E-state index >= 15 is 0 Å². The molecule has 1 aromatic rings. The maximum absolute atomic E-state index is 13.3. The van der Waals surface area contributed by atoms with Crippen molar-refractivity contribution in [3.05, 3.63) is 35.4 Å². The third-order valence-electron chi connectivity index (χ3n) is 2.70. The maximum Gasteiger partial charge on any atom is 0.129 e. The van der Waals surface area contributed by atoms with Crippen LogP contribution in [0, 0.1) is 17.0 Å². The summed E-state index contributed by atoms with van der Waals surface area (Å²) in [7, 11) is 0. The van der Waals surface area contributed by atoms with Crippen molar-refractivity contribution in [3.8, 4) is 0 Å². The predicted octanol–water partition coefficient (Wildman–Crippen LogP) is 2.28. The van der Waals surface area contributed by atoms with Gasteiger partial charge in [-0.3, -0.25) is 0 Å². The Hall–Kier alpha value is -1.00. The van der Waals surface area contributed by atoms with Gasteiger partial charge >= 0.3 is 0 Å². The lowest BCUT2D eigenvalue weighted by Gasteiger charge is -2.30. The van der Waals surface area contributed by atoms with Gasteiger partial charge in [0.05, 0.1) is 12.2 Å². The summed E-state index contributed by atoms with van der Waals surface area (Å²) in [6.45, 7) is 5.34. The fourth-order valence-corrected chi connectivity index (χ4v) is 1.60. The molecule has 0 spiro atoms. The lowest BCUT2D eigenvalue weighted by molar-refractivity contribution is -0.0436. The van der Waals surface area contributed by atoms with Crippen LogP contribution in [0.3, 0.4) is 0 Å². The van der Waals surface area contributed by atoms with Crippen molar-refractivity contribution in [3.63, 3.8) is 0 Å². The fraction of sp³-hybridized carbons (Fsp3) is 0.538. The van der Waals surface area contributed by atoms with Crippen LogP contribution in [0.5, 0.6) is 0 Å². The summed E-state index contributed by atoms with van der Waals surface area (Å²) < 4.78 is 26.0. The zero-order valence-corrected chi connectivity index (χ0v) is 10.2. The summed E-state index contributed by atoms with van der Waals surface area (Å²) in [5.41, 5.74) is -0.294. The number of rotatable bonds is 3. The summed E-state index contributed by atoms with van der Waals surface area (Å²) in [5, 5.41) is 19.6. The molecular formula is C13H18F2O2. The van der Waals surface area contributed by atoms with Crippen molar-refractivity contribution < 1.29 is 19.0 Å². The first kappa shape index (κ1) is 14.1. The molecule has 2 N–H and O–H groups in total. The Balaban J connectivity index is 2.78. The summed E-state index contributed by atoms with van der Waals surface area (Å²) in [6.07, 6.45) is -2.08. The van der Waals surface area contributed by atoms with E-state index in [4.69, 9.17) is 0 Å². The van der Waals surface area contributed by atoms with Crippen molar-refractivity contribution in [2.45, 2.75) is 39.4 Å². The van der Waals surface area contributed by atoms with Crippen LogP contribution >= 0.6 is 0 Å². The summed E-state index contributed by atoms with van der Waals surface area (Å²) >= 11 is 0. The van der Waals surface area contributed by atoms with E-state index in [1.165, 1.54) is 6.07 Å². The SMILES string of the molecule is CC(C)(C)C(O)C(O)Cc1ccc(F)cc1F. The van der Waals surface area contributed by atoms with E-state index in [-0.39, 0.29) is 12.0 Å². The largest absolute Gasteiger partial charge is 0.390 e. The minimum Gasteiger partial charge on any atom is -0.390 e. The standard InChI is InChI=1S/C13H18F2O2/c1-13(2,3)12(17)11(16)6-8-4-5-9(14)7-10(8)15/h4-5,7,11-12,16-17H,6H2,1-3H3. The Morgan fingerprint density at radius 1 is 1.18 bits per heavy atom. The maximum atomic E-state index is 13.3. The normalized spacial score (nSPS) is 15.7. The van der Waals surface area contributed by atoms with Gasteiger partial charge in [0.1, 0.15) is 11.6 Å². The van der Waals surface area contributed by atoms with Gasteiger partial charge in [-0.05, 0) is 17.0 Å². The van der Waals surface area contributed by atoms with Crippen molar-refractivity contribution in [2.75, 3.05) is 0 Å². The van der Waals surface area contributed by atoms with Gasteiger partial charge in [-0.15, -0.1) is 0 Å². The molecule has 96 valence electrons. The van der Waals surface area contributed by atoms with Crippen LogP contribution in [0.1, 0.15) is 26.3 Å². The molecule has 0 aliphatic carbocycles. The van der Waals surface area contributed by atoms with Crippen molar-refractivity contribution in [2.24, 2.45) is 5.41 Å². The van der Waals surface area contributed by atoms with Gasteiger partial charge in [-0.2, -0.15) is 0 Å². The van der Waals surface area contributed by atoms with Crippen LogP contribution in [-0.2, 0) is 6.42 Å². The number of benzene rings is 1. The molecule has 4 heteroatoms. The molecule has 2 nitrogen and oxygen atoms in total. The lowest BCUT2D eigenvalue weighted by Crippen LogP contribution is -2.39. The second-order valence-corrected chi connectivity index (χ2v) is 5.32. The molecule has 0 bridgehead atoms. The first-order valence-corrected chi connectivity index (χ1v) is 5.52. The summed E-state index contributed by atoms with van der Waals surface area (Å²) in [4.78, 5) is 0. The van der Waals surface area contributed by atoms with E-state index in [1.807, 2.05) is 0 Å². The molecule has 1 rings (SSSR count). The molecular weight excluding hydrogens is 226 g/mol. The summed E-state index contributed by atoms with van der Waals surface area (Å²) in [5.74, 6) is -1.36. The summed E-state index contributed by atoms with van der Waals surface area (Å²) in [6, 6.07) is 3.18. The van der Waals surface area contributed by atoms with Crippen LogP contribution in [0.2, 0.25) is 0 Å². The highest BCUT2D eigenvalue weighted by Crippen LogP contribution is 2.24. The van der Waals surface area contributed by atoms with Crippen molar-refractivity contribution in [1.82, 2.24) is 0 Å². The Morgan fingerprint density at radius 3 is 2.24 bits per heavy atom. The Bertz CT molecular complexity index is 385. The van der Waals surface area contributed by atoms with E-state index in [2.05, 4.69) is 0 Å². The topological polar surface area (TPSA) is 40.5 Å². The number of aliphatic hydroxyl groups excluding tert-OH is 2. The average molecular weight is 244 g/mol. The predicted molar refractivity (Wildman–Crippen MR) is 61.5 cm³/mol. The van der Waals surface area contributed by atoms with Crippen molar-refractivity contribution in [1.29, 1.82) is 0 Å². The molecule has 0 heterocycles. The minimum absolute atomic E-state index is 0.0372. The van der Waals surface area contributed by atoms with Crippen LogP contribution in [0.25, 0.3) is 0 Å². The highest BCUT2D eigenvalue weighted by molar-refractivity contribution is 5.19. The Morgan fingerprint density at radius 2 is 1.76 bits per heavy atom. The van der Waals surface area contributed by atoms with Crippen LogP contribution < -0.4 is 0 Å². The van der Waals surface area contributed by atoms with Gasteiger partial charge in [0, 0.05) is 12.5 Å².